The lowest BCUT2D eigenvalue weighted by Crippen LogP contribution is -2.36. The molecular weight excluding hydrogens is 428 g/mol. The highest BCUT2D eigenvalue weighted by molar-refractivity contribution is 6.31. The SMILES string of the molecule is O=Cc1ccc(Cl)cc1-c1cn(C(c2ccccc2)(c2ccccc2)c2ccccc2)cn1. The molecule has 0 saturated heterocycles. The van der Waals surface area contributed by atoms with E-state index in [0.29, 0.717) is 21.8 Å². The number of imidazole rings is 1. The summed E-state index contributed by atoms with van der Waals surface area (Å²) in [4.78, 5) is 16.4. The fourth-order valence-electron chi connectivity index (χ4n) is 4.48. The molecule has 0 aliphatic heterocycles. The molecule has 1 aromatic heterocycles. The third kappa shape index (κ3) is 3.67. The summed E-state index contributed by atoms with van der Waals surface area (Å²) in [5, 5.41) is 0.561. The molecule has 0 aliphatic rings. The number of hydrogen-bond donors (Lipinski definition) is 0. The van der Waals surface area contributed by atoms with Gasteiger partial charge in [0.2, 0.25) is 0 Å². The van der Waals surface area contributed by atoms with Gasteiger partial charge in [0.05, 0.1) is 12.0 Å². The number of carbonyl (C=O) groups is 1. The molecule has 0 spiro atoms. The van der Waals surface area contributed by atoms with Gasteiger partial charge < -0.3 is 4.57 Å². The van der Waals surface area contributed by atoms with Crippen LogP contribution >= 0.6 is 11.6 Å². The van der Waals surface area contributed by atoms with E-state index in [1.807, 2.05) is 30.7 Å². The molecule has 0 unspecified atom stereocenters. The Hall–Kier alpha value is -3.95. The molecule has 3 nitrogen and oxygen atoms in total. The van der Waals surface area contributed by atoms with Crippen molar-refractivity contribution in [2.45, 2.75) is 5.54 Å². The summed E-state index contributed by atoms with van der Waals surface area (Å²) in [6, 6.07) is 36.4. The number of aldehydes is 1. The molecule has 5 aromatic rings. The van der Waals surface area contributed by atoms with Gasteiger partial charge in [-0.25, -0.2) is 4.98 Å². The minimum atomic E-state index is -0.658. The third-order valence-electron chi connectivity index (χ3n) is 5.96. The zero-order chi connectivity index (χ0) is 22.7. The van der Waals surface area contributed by atoms with E-state index in [9.17, 15) is 4.79 Å². The fourth-order valence-corrected chi connectivity index (χ4v) is 4.66. The van der Waals surface area contributed by atoms with Crippen LogP contribution in [0.3, 0.4) is 0 Å². The van der Waals surface area contributed by atoms with Gasteiger partial charge in [0.1, 0.15) is 5.54 Å². The van der Waals surface area contributed by atoms with E-state index in [2.05, 4.69) is 77.4 Å². The zero-order valence-electron chi connectivity index (χ0n) is 17.8. The molecule has 0 amide bonds. The number of hydrogen-bond acceptors (Lipinski definition) is 2. The van der Waals surface area contributed by atoms with Crippen molar-refractivity contribution in [3.63, 3.8) is 0 Å². The first-order valence-electron chi connectivity index (χ1n) is 10.7. The van der Waals surface area contributed by atoms with Crippen molar-refractivity contribution in [1.29, 1.82) is 0 Å². The van der Waals surface area contributed by atoms with E-state index in [1.165, 1.54) is 0 Å². The smallest absolute Gasteiger partial charge is 0.150 e. The first-order valence-corrected chi connectivity index (χ1v) is 11.1. The van der Waals surface area contributed by atoms with Gasteiger partial charge in [-0.1, -0.05) is 103 Å². The molecule has 160 valence electrons. The Morgan fingerprint density at radius 3 is 1.73 bits per heavy atom. The number of benzene rings is 4. The van der Waals surface area contributed by atoms with Crippen LogP contribution in [0.2, 0.25) is 5.02 Å². The Kier molecular flexibility index (Phi) is 5.64. The molecule has 0 radical (unpaired) electrons. The molecule has 0 N–H and O–H groups in total. The second-order valence-electron chi connectivity index (χ2n) is 7.82. The van der Waals surface area contributed by atoms with Gasteiger partial charge in [-0.15, -0.1) is 0 Å². The Morgan fingerprint density at radius 2 is 1.24 bits per heavy atom. The molecule has 33 heavy (non-hydrogen) atoms. The van der Waals surface area contributed by atoms with Crippen LogP contribution in [0.15, 0.2) is 122 Å². The summed E-state index contributed by atoms with van der Waals surface area (Å²) in [5.41, 5.74) is 4.60. The molecular formula is C29H21ClN2O. The van der Waals surface area contributed by atoms with Gasteiger partial charge >= 0.3 is 0 Å². The maximum atomic E-state index is 11.7. The van der Waals surface area contributed by atoms with Crippen molar-refractivity contribution < 1.29 is 4.79 Å². The quantitative estimate of drug-likeness (QED) is 0.210. The summed E-state index contributed by atoms with van der Waals surface area (Å²) in [6.07, 6.45) is 4.66. The monoisotopic (exact) mass is 448 g/mol. The van der Waals surface area contributed by atoms with Crippen LogP contribution < -0.4 is 0 Å². The van der Waals surface area contributed by atoms with Crippen molar-refractivity contribution in [2.75, 3.05) is 0 Å². The van der Waals surface area contributed by atoms with Crippen LogP contribution in [-0.2, 0) is 5.54 Å². The molecule has 5 rings (SSSR count). The zero-order valence-corrected chi connectivity index (χ0v) is 18.6. The first kappa shape index (κ1) is 20.9. The van der Waals surface area contributed by atoms with Gasteiger partial charge in [-0.2, -0.15) is 0 Å². The molecule has 0 atom stereocenters. The molecule has 1 heterocycles. The van der Waals surface area contributed by atoms with Crippen molar-refractivity contribution in [3.05, 3.63) is 149 Å². The molecule has 0 saturated carbocycles. The van der Waals surface area contributed by atoms with Gasteiger partial charge in [0.15, 0.2) is 6.29 Å². The van der Waals surface area contributed by atoms with Gasteiger partial charge in [-0.3, -0.25) is 4.79 Å². The highest BCUT2D eigenvalue weighted by Gasteiger charge is 2.38. The summed E-state index contributed by atoms with van der Waals surface area (Å²) < 4.78 is 2.12. The van der Waals surface area contributed by atoms with Crippen molar-refractivity contribution in [2.24, 2.45) is 0 Å². The average molecular weight is 449 g/mol. The van der Waals surface area contributed by atoms with Crippen molar-refractivity contribution in [3.8, 4) is 11.3 Å². The molecule has 4 aromatic carbocycles. The highest BCUT2D eigenvalue weighted by Crippen LogP contribution is 2.41. The van der Waals surface area contributed by atoms with Crippen molar-refractivity contribution >= 4 is 17.9 Å². The van der Waals surface area contributed by atoms with Crippen LogP contribution in [0.1, 0.15) is 27.0 Å². The lowest BCUT2D eigenvalue weighted by Gasteiger charge is -2.37. The number of rotatable bonds is 6. The number of carbonyl (C=O) groups excluding carboxylic acids is 1. The summed E-state index contributed by atoms with van der Waals surface area (Å²) in [5.74, 6) is 0. The Morgan fingerprint density at radius 1 is 0.727 bits per heavy atom. The highest BCUT2D eigenvalue weighted by atomic mass is 35.5. The minimum Gasteiger partial charge on any atom is -0.318 e. The Balaban J connectivity index is 1.82. The van der Waals surface area contributed by atoms with E-state index in [-0.39, 0.29) is 0 Å². The van der Waals surface area contributed by atoms with Gasteiger partial charge in [-0.05, 0) is 34.9 Å². The third-order valence-corrected chi connectivity index (χ3v) is 6.20. The normalized spacial score (nSPS) is 11.3. The first-order chi connectivity index (χ1) is 16.2. The number of aromatic nitrogens is 2. The summed E-state index contributed by atoms with van der Waals surface area (Å²) >= 11 is 6.26. The van der Waals surface area contributed by atoms with E-state index in [4.69, 9.17) is 16.6 Å². The van der Waals surface area contributed by atoms with Crippen LogP contribution in [0.25, 0.3) is 11.3 Å². The molecule has 0 fully saturated rings. The number of nitrogens with zero attached hydrogens (tertiary/aromatic N) is 2. The summed E-state index contributed by atoms with van der Waals surface area (Å²) in [6.45, 7) is 0. The topological polar surface area (TPSA) is 34.9 Å². The standard InChI is InChI=1S/C29H21ClN2O/c30-26-17-16-22(20-33)27(18-26)28-19-32(21-31-28)29(23-10-4-1-5-11-23,24-12-6-2-7-13-24)25-14-8-3-9-15-25/h1-21H. The second-order valence-corrected chi connectivity index (χ2v) is 8.26. The van der Waals surface area contributed by atoms with Gasteiger partial charge in [0.25, 0.3) is 0 Å². The van der Waals surface area contributed by atoms with E-state index < -0.39 is 5.54 Å². The van der Waals surface area contributed by atoms with E-state index >= 15 is 0 Å². The second kappa shape index (κ2) is 8.89. The maximum Gasteiger partial charge on any atom is 0.150 e. The minimum absolute atomic E-state index is 0.550. The Labute approximate surface area is 197 Å². The lowest BCUT2D eigenvalue weighted by molar-refractivity contribution is 0.112. The van der Waals surface area contributed by atoms with Crippen LogP contribution in [0.5, 0.6) is 0 Å². The number of halogens is 1. The van der Waals surface area contributed by atoms with Crippen LogP contribution in [-0.4, -0.2) is 15.8 Å². The maximum absolute atomic E-state index is 11.7. The molecule has 0 aliphatic carbocycles. The molecule has 0 bridgehead atoms. The largest absolute Gasteiger partial charge is 0.318 e. The Bertz CT molecular complexity index is 1280. The lowest BCUT2D eigenvalue weighted by atomic mass is 9.77. The molecule has 4 heteroatoms. The van der Waals surface area contributed by atoms with Crippen molar-refractivity contribution in [1.82, 2.24) is 9.55 Å². The summed E-state index contributed by atoms with van der Waals surface area (Å²) in [7, 11) is 0. The fraction of sp³-hybridized carbons (Fsp3) is 0.0345. The van der Waals surface area contributed by atoms with E-state index in [0.717, 1.165) is 23.0 Å². The predicted molar refractivity (Wildman–Crippen MR) is 133 cm³/mol. The average Bonchev–Trinajstić information content (AvgIpc) is 3.37. The van der Waals surface area contributed by atoms with Gasteiger partial charge in [0, 0.05) is 22.3 Å². The predicted octanol–water partition coefficient (Wildman–Crippen LogP) is 6.86. The van der Waals surface area contributed by atoms with E-state index in [1.54, 1.807) is 18.2 Å². The van der Waals surface area contributed by atoms with Crippen LogP contribution in [0.4, 0.5) is 0 Å². The van der Waals surface area contributed by atoms with Crippen LogP contribution in [0, 0.1) is 0 Å².